The standard InChI is InChI=1S/C6H11NO3S3/c1-4-3-12-6(11)7(4)5(2)13(8,9)10/h4-5H,3H2,1-2H3,(H,8,9,10). The monoisotopic (exact) mass is 241 g/mol. The average Bonchev–Trinajstić information content (AvgIpc) is 2.28. The normalized spacial score (nSPS) is 26.5. The molecule has 1 N–H and O–H groups in total. The van der Waals surface area contributed by atoms with Crippen LogP contribution in [0.3, 0.4) is 0 Å². The molecular weight excluding hydrogens is 230 g/mol. The third-order valence-corrected chi connectivity index (χ3v) is 4.72. The molecule has 1 heterocycles. The summed E-state index contributed by atoms with van der Waals surface area (Å²) in [6.07, 6.45) is 0. The van der Waals surface area contributed by atoms with Gasteiger partial charge in [0, 0.05) is 11.8 Å². The van der Waals surface area contributed by atoms with E-state index < -0.39 is 15.5 Å². The fourth-order valence-corrected chi connectivity index (χ4v) is 3.48. The molecule has 13 heavy (non-hydrogen) atoms. The molecular formula is C6H11NO3S3. The van der Waals surface area contributed by atoms with Crippen LogP contribution in [0.1, 0.15) is 13.8 Å². The second kappa shape index (κ2) is 3.72. The van der Waals surface area contributed by atoms with Crippen LogP contribution in [0.5, 0.6) is 0 Å². The van der Waals surface area contributed by atoms with E-state index in [9.17, 15) is 8.42 Å². The molecule has 76 valence electrons. The van der Waals surface area contributed by atoms with Gasteiger partial charge in [0.2, 0.25) is 0 Å². The molecule has 1 fully saturated rings. The van der Waals surface area contributed by atoms with Crippen molar-refractivity contribution in [1.29, 1.82) is 0 Å². The summed E-state index contributed by atoms with van der Waals surface area (Å²) in [4.78, 5) is 1.55. The van der Waals surface area contributed by atoms with Crippen LogP contribution in [-0.4, -0.2) is 39.4 Å². The summed E-state index contributed by atoms with van der Waals surface area (Å²) in [6.45, 7) is 3.32. The summed E-state index contributed by atoms with van der Waals surface area (Å²) >= 11 is 6.42. The van der Waals surface area contributed by atoms with E-state index in [0.29, 0.717) is 4.32 Å². The van der Waals surface area contributed by atoms with Gasteiger partial charge in [-0.2, -0.15) is 8.42 Å². The van der Waals surface area contributed by atoms with E-state index in [1.165, 1.54) is 18.7 Å². The van der Waals surface area contributed by atoms with Crippen molar-refractivity contribution in [3.8, 4) is 0 Å². The zero-order valence-electron chi connectivity index (χ0n) is 7.30. The lowest BCUT2D eigenvalue weighted by Gasteiger charge is -2.27. The van der Waals surface area contributed by atoms with E-state index in [1.807, 2.05) is 6.92 Å². The van der Waals surface area contributed by atoms with Crippen LogP contribution in [0.2, 0.25) is 0 Å². The van der Waals surface area contributed by atoms with Crippen LogP contribution in [0.15, 0.2) is 0 Å². The Balaban J connectivity index is 2.88. The molecule has 0 amide bonds. The van der Waals surface area contributed by atoms with E-state index >= 15 is 0 Å². The lowest BCUT2D eigenvalue weighted by Crippen LogP contribution is -2.43. The van der Waals surface area contributed by atoms with Gasteiger partial charge in [-0.15, -0.1) is 0 Å². The maximum Gasteiger partial charge on any atom is 0.286 e. The minimum Gasteiger partial charge on any atom is -0.335 e. The number of hydrogen-bond donors (Lipinski definition) is 1. The van der Waals surface area contributed by atoms with Gasteiger partial charge < -0.3 is 4.90 Å². The first kappa shape index (κ1) is 11.2. The van der Waals surface area contributed by atoms with Gasteiger partial charge in [-0.3, -0.25) is 4.55 Å². The smallest absolute Gasteiger partial charge is 0.286 e. The SMILES string of the molecule is CC1CSC(=S)N1C(C)S(=O)(=O)O. The first-order valence-electron chi connectivity index (χ1n) is 3.75. The Kier molecular flexibility index (Phi) is 3.21. The molecule has 7 heteroatoms. The second-order valence-corrected chi connectivity index (χ2v) is 6.31. The van der Waals surface area contributed by atoms with Crippen LogP contribution < -0.4 is 0 Å². The average molecular weight is 241 g/mol. The van der Waals surface area contributed by atoms with Crippen molar-refractivity contribution in [3.05, 3.63) is 0 Å². The fraction of sp³-hybridized carbons (Fsp3) is 0.833. The number of nitrogens with zero attached hydrogens (tertiary/aromatic N) is 1. The number of hydrogen-bond acceptors (Lipinski definition) is 4. The minimum atomic E-state index is -4.03. The number of thioether (sulfide) groups is 1. The Morgan fingerprint density at radius 3 is 2.62 bits per heavy atom. The van der Waals surface area contributed by atoms with Gasteiger partial charge in [0.05, 0.1) is 0 Å². The lowest BCUT2D eigenvalue weighted by molar-refractivity contribution is 0.333. The van der Waals surface area contributed by atoms with Crippen molar-refractivity contribution in [1.82, 2.24) is 4.90 Å². The van der Waals surface area contributed by atoms with Gasteiger partial charge in [-0.1, -0.05) is 24.0 Å². The maximum absolute atomic E-state index is 10.9. The molecule has 1 saturated heterocycles. The van der Waals surface area contributed by atoms with E-state index in [2.05, 4.69) is 0 Å². The zero-order valence-corrected chi connectivity index (χ0v) is 9.75. The highest BCUT2D eigenvalue weighted by Gasteiger charge is 2.35. The molecule has 1 aliphatic heterocycles. The van der Waals surface area contributed by atoms with Gasteiger partial charge in [0.1, 0.15) is 4.32 Å². The molecule has 0 bridgehead atoms. The largest absolute Gasteiger partial charge is 0.335 e. The summed E-state index contributed by atoms with van der Waals surface area (Å²) in [6, 6.07) is 0.0643. The second-order valence-electron chi connectivity index (χ2n) is 2.95. The summed E-state index contributed by atoms with van der Waals surface area (Å²) in [5.74, 6) is 0.776. The molecule has 2 atom stereocenters. The van der Waals surface area contributed by atoms with Gasteiger partial charge in [0.15, 0.2) is 5.37 Å². The van der Waals surface area contributed by atoms with Crippen molar-refractivity contribution in [2.45, 2.75) is 25.3 Å². The Morgan fingerprint density at radius 1 is 1.77 bits per heavy atom. The third kappa shape index (κ3) is 2.34. The Labute approximate surface area is 87.4 Å². The lowest BCUT2D eigenvalue weighted by atomic mass is 10.3. The van der Waals surface area contributed by atoms with Gasteiger partial charge in [-0.05, 0) is 13.8 Å². The molecule has 0 radical (unpaired) electrons. The molecule has 0 aromatic heterocycles. The van der Waals surface area contributed by atoms with Crippen LogP contribution in [0, 0.1) is 0 Å². The number of thiocarbonyl (C=S) groups is 1. The molecule has 0 aromatic carbocycles. The van der Waals surface area contributed by atoms with Crippen molar-refractivity contribution in [2.24, 2.45) is 0 Å². The van der Waals surface area contributed by atoms with Crippen molar-refractivity contribution < 1.29 is 13.0 Å². The highest BCUT2D eigenvalue weighted by atomic mass is 32.2. The predicted octanol–water partition coefficient (Wildman–Crippen LogP) is 0.942. The molecule has 4 nitrogen and oxygen atoms in total. The summed E-state index contributed by atoms with van der Waals surface area (Å²) in [5, 5.41) is -0.940. The molecule has 0 aliphatic carbocycles. The molecule has 2 unspecified atom stereocenters. The predicted molar refractivity (Wildman–Crippen MR) is 57.4 cm³/mol. The van der Waals surface area contributed by atoms with E-state index in [-0.39, 0.29) is 6.04 Å². The Bertz CT molecular complexity index is 313. The first-order valence-corrected chi connectivity index (χ1v) is 6.65. The van der Waals surface area contributed by atoms with Crippen molar-refractivity contribution in [2.75, 3.05) is 5.75 Å². The van der Waals surface area contributed by atoms with E-state index in [1.54, 1.807) is 4.90 Å². The summed E-state index contributed by atoms with van der Waals surface area (Å²) in [5.41, 5.74) is 0. The molecule has 1 aliphatic rings. The van der Waals surface area contributed by atoms with Crippen molar-refractivity contribution in [3.63, 3.8) is 0 Å². The summed E-state index contributed by atoms with van der Waals surface area (Å²) in [7, 11) is -4.03. The van der Waals surface area contributed by atoms with E-state index in [0.717, 1.165) is 5.75 Å². The minimum absolute atomic E-state index is 0.0643. The number of rotatable bonds is 2. The van der Waals surface area contributed by atoms with Crippen LogP contribution in [0.25, 0.3) is 0 Å². The summed E-state index contributed by atoms with van der Waals surface area (Å²) < 4.78 is 31.1. The molecule has 0 spiro atoms. The van der Waals surface area contributed by atoms with Crippen LogP contribution in [-0.2, 0) is 10.1 Å². The third-order valence-electron chi connectivity index (χ3n) is 1.96. The zero-order chi connectivity index (χ0) is 10.2. The topological polar surface area (TPSA) is 57.6 Å². The van der Waals surface area contributed by atoms with Gasteiger partial charge >= 0.3 is 0 Å². The molecule has 0 saturated carbocycles. The highest BCUT2D eigenvalue weighted by Crippen LogP contribution is 2.27. The Hall–Kier alpha value is 0.150. The van der Waals surface area contributed by atoms with E-state index in [4.69, 9.17) is 16.8 Å². The fourth-order valence-electron chi connectivity index (χ4n) is 1.18. The van der Waals surface area contributed by atoms with Gasteiger partial charge in [-0.25, -0.2) is 0 Å². The quantitative estimate of drug-likeness (QED) is 0.573. The highest BCUT2D eigenvalue weighted by molar-refractivity contribution is 8.23. The first-order chi connectivity index (χ1) is 5.84. The van der Waals surface area contributed by atoms with Crippen LogP contribution >= 0.6 is 24.0 Å². The van der Waals surface area contributed by atoms with Gasteiger partial charge in [0.25, 0.3) is 10.1 Å². The Morgan fingerprint density at radius 2 is 2.31 bits per heavy atom. The van der Waals surface area contributed by atoms with Crippen LogP contribution in [0.4, 0.5) is 0 Å². The van der Waals surface area contributed by atoms with Crippen molar-refractivity contribution >= 4 is 38.4 Å². The molecule has 1 rings (SSSR count). The molecule has 0 aromatic rings. The maximum atomic E-state index is 10.9.